The standard InChI is InChI=1S/C21H29N5O2/c1-16(2)20-24-23-18(28-20)13-25-11-5-8-21(14-25)9-7-19(27)26(15-21)12-17-6-3-4-10-22-17/h3-4,6,10,16H,5,7-9,11-15H2,1-2H3/t21-/m1/s1. The molecule has 0 aromatic carbocycles. The van der Waals surface area contributed by atoms with Crippen molar-refractivity contribution in [1.82, 2.24) is 25.0 Å². The maximum absolute atomic E-state index is 12.5. The summed E-state index contributed by atoms with van der Waals surface area (Å²) in [6.07, 6.45) is 5.67. The molecule has 0 N–H and O–H groups in total. The Morgan fingerprint density at radius 1 is 1.18 bits per heavy atom. The monoisotopic (exact) mass is 383 g/mol. The highest BCUT2D eigenvalue weighted by molar-refractivity contribution is 5.77. The summed E-state index contributed by atoms with van der Waals surface area (Å²) < 4.78 is 5.80. The first-order chi connectivity index (χ1) is 13.5. The number of carbonyl (C=O) groups excluding carboxylic acids is 1. The zero-order valence-corrected chi connectivity index (χ0v) is 16.8. The molecule has 0 saturated carbocycles. The maximum atomic E-state index is 12.5. The van der Waals surface area contributed by atoms with Crippen molar-refractivity contribution in [1.29, 1.82) is 0 Å². The average molecular weight is 383 g/mol. The summed E-state index contributed by atoms with van der Waals surface area (Å²) in [5.74, 6) is 1.88. The quantitative estimate of drug-likeness (QED) is 0.790. The second-order valence-electron chi connectivity index (χ2n) is 8.57. The zero-order valence-electron chi connectivity index (χ0n) is 16.8. The number of hydrogen-bond acceptors (Lipinski definition) is 6. The van der Waals surface area contributed by atoms with Crippen LogP contribution in [-0.4, -0.2) is 50.5 Å². The van der Waals surface area contributed by atoms with Gasteiger partial charge in [-0.2, -0.15) is 0 Å². The number of piperidine rings is 2. The lowest BCUT2D eigenvalue weighted by atomic mass is 9.73. The molecule has 2 aromatic heterocycles. The fourth-order valence-electron chi connectivity index (χ4n) is 4.47. The minimum Gasteiger partial charge on any atom is -0.424 e. The van der Waals surface area contributed by atoms with E-state index in [0.29, 0.717) is 31.3 Å². The number of carbonyl (C=O) groups is 1. The minimum atomic E-state index is 0.155. The SMILES string of the molecule is CC(C)c1nnc(CN2CCC[C@@]3(CCC(=O)N(Cc4ccccn4)C3)C2)o1. The van der Waals surface area contributed by atoms with Gasteiger partial charge in [0.05, 0.1) is 18.8 Å². The van der Waals surface area contributed by atoms with Crippen molar-refractivity contribution in [2.75, 3.05) is 19.6 Å². The van der Waals surface area contributed by atoms with Crippen molar-refractivity contribution in [3.8, 4) is 0 Å². The van der Waals surface area contributed by atoms with E-state index in [4.69, 9.17) is 4.42 Å². The van der Waals surface area contributed by atoms with E-state index in [1.54, 1.807) is 6.20 Å². The second-order valence-corrected chi connectivity index (χ2v) is 8.57. The molecule has 0 unspecified atom stereocenters. The van der Waals surface area contributed by atoms with Crippen LogP contribution in [0, 0.1) is 5.41 Å². The van der Waals surface area contributed by atoms with E-state index in [1.165, 1.54) is 0 Å². The summed E-state index contributed by atoms with van der Waals surface area (Å²) in [4.78, 5) is 21.3. The van der Waals surface area contributed by atoms with E-state index >= 15 is 0 Å². The molecular weight excluding hydrogens is 354 g/mol. The summed E-state index contributed by atoms with van der Waals surface area (Å²) in [7, 11) is 0. The molecule has 7 nitrogen and oxygen atoms in total. The molecule has 1 atom stereocenters. The lowest BCUT2D eigenvalue weighted by Crippen LogP contribution is -2.53. The van der Waals surface area contributed by atoms with Gasteiger partial charge in [0.1, 0.15) is 0 Å². The molecule has 2 fully saturated rings. The van der Waals surface area contributed by atoms with Crippen LogP contribution in [0.25, 0.3) is 0 Å². The van der Waals surface area contributed by atoms with Gasteiger partial charge in [0.15, 0.2) is 0 Å². The minimum absolute atomic E-state index is 0.155. The van der Waals surface area contributed by atoms with Crippen molar-refractivity contribution in [3.63, 3.8) is 0 Å². The van der Waals surface area contributed by atoms with Gasteiger partial charge in [-0.1, -0.05) is 19.9 Å². The van der Waals surface area contributed by atoms with E-state index in [1.807, 2.05) is 23.1 Å². The third kappa shape index (κ3) is 4.24. The third-order valence-corrected chi connectivity index (χ3v) is 5.90. The molecule has 1 spiro atoms. The highest BCUT2D eigenvalue weighted by Crippen LogP contribution is 2.39. The largest absolute Gasteiger partial charge is 0.424 e. The lowest BCUT2D eigenvalue weighted by Gasteiger charge is -2.48. The van der Waals surface area contributed by atoms with Crippen LogP contribution in [0.2, 0.25) is 0 Å². The van der Waals surface area contributed by atoms with Crippen molar-refractivity contribution in [3.05, 3.63) is 41.9 Å². The lowest BCUT2D eigenvalue weighted by molar-refractivity contribution is -0.140. The zero-order chi connectivity index (χ0) is 19.6. The van der Waals surface area contributed by atoms with Crippen LogP contribution in [0.15, 0.2) is 28.8 Å². The Kier molecular flexibility index (Phi) is 5.44. The summed E-state index contributed by atoms with van der Waals surface area (Å²) in [5.41, 5.74) is 1.11. The molecule has 4 heterocycles. The Bertz CT molecular complexity index is 806. The molecule has 2 aromatic rings. The molecule has 150 valence electrons. The van der Waals surface area contributed by atoms with E-state index in [2.05, 4.69) is 33.9 Å². The number of pyridine rings is 1. The van der Waals surface area contributed by atoms with Crippen LogP contribution < -0.4 is 0 Å². The Morgan fingerprint density at radius 2 is 2.07 bits per heavy atom. The van der Waals surface area contributed by atoms with Gasteiger partial charge in [0.2, 0.25) is 17.7 Å². The van der Waals surface area contributed by atoms with Crippen LogP contribution in [0.1, 0.15) is 62.9 Å². The first-order valence-electron chi connectivity index (χ1n) is 10.3. The number of nitrogens with zero attached hydrogens (tertiary/aromatic N) is 5. The van der Waals surface area contributed by atoms with Crippen LogP contribution in [-0.2, 0) is 17.9 Å². The highest BCUT2D eigenvalue weighted by Gasteiger charge is 2.42. The van der Waals surface area contributed by atoms with Gasteiger partial charge < -0.3 is 9.32 Å². The topological polar surface area (TPSA) is 75.4 Å². The van der Waals surface area contributed by atoms with Crippen LogP contribution in [0.3, 0.4) is 0 Å². The Hall–Kier alpha value is -2.28. The third-order valence-electron chi connectivity index (χ3n) is 5.90. The average Bonchev–Trinajstić information content (AvgIpc) is 3.15. The molecule has 2 saturated heterocycles. The second kappa shape index (κ2) is 7.99. The number of likely N-dealkylation sites (tertiary alicyclic amines) is 2. The maximum Gasteiger partial charge on any atom is 0.230 e. The molecule has 7 heteroatoms. The number of hydrogen-bond donors (Lipinski definition) is 0. The van der Waals surface area contributed by atoms with Gasteiger partial charge in [-0.15, -0.1) is 10.2 Å². The molecule has 1 amide bonds. The highest BCUT2D eigenvalue weighted by atomic mass is 16.4. The molecule has 0 bridgehead atoms. The predicted molar refractivity (Wildman–Crippen MR) is 104 cm³/mol. The van der Waals surface area contributed by atoms with E-state index in [0.717, 1.165) is 44.6 Å². The van der Waals surface area contributed by atoms with Crippen molar-refractivity contribution < 1.29 is 9.21 Å². The molecule has 4 rings (SSSR count). The van der Waals surface area contributed by atoms with Gasteiger partial charge in [0.25, 0.3) is 0 Å². The van der Waals surface area contributed by atoms with Gasteiger partial charge in [-0.25, -0.2) is 0 Å². The van der Waals surface area contributed by atoms with Crippen LogP contribution in [0.4, 0.5) is 0 Å². The van der Waals surface area contributed by atoms with Crippen molar-refractivity contribution >= 4 is 5.91 Å². The Morgan fingerprint density at radius 3 is 2.82 bits per heavy atom. The predicted octanol–water partition coefficient (Wildman–Crippen LogP) is 2.99. The number of rotatable bonds is 5. The fourth-order valence-corrected chi connectivity index (χ4v) is 4.47. The summed E-state index contributed by atoms with van der Waals surface area (Å²) >= 11 is 0. The molecule has 28 heavy (non-hydrogen) atoms. The van der Waals surface area contributed by atoms with Crippen molar-refractivity contribution in [2.24, 2.45) is 5.41 Å². The van der Waals surface area contributed by atoms with Gasteiger partial charge >= 0.3 is 0 Å². The molecular formula is C21H29N5O2. The van der Waals surface area contributed by atoms with Gasteiger partial charge in [-0.3, -0.25) is 14.7 Å². The molecule has 2 aliphatic heterocycles. The Balaban J connectivity index is 1.42. The first-order valence-corrected chi connectivity index (χ1v) is 10.3. The van der Waals surface area contributed by atoms with E-state index < -0.39 is 0 Å². The van der Waals surface area contributed by atoms with Crippen molar-refractivity contribution in [2.45, 2.75) is 58.5 Å². The number of aromatic nitrogens is 3. The van der Waals surface area contributed by atoms with Crippen LogP contribution >= 0.6 is 0 Å². The summed E-state index contributed by atoms with van der Waals surface area (Å²) in [6, 6.07) is 5.87. The van der Waals surface area contributed by atoms with E-state index in [-0.39, 0.29) is 17.2 Å². The summed E-state index contributed by atoms with van der Waals surface area (Å²) in [6.45, 7) is 8.22. The number of amides is 1. The fraction of sp³-hybridized carbons (Fsp3) is 0.619. The summed E-state index contributed by atoms with van der Waals surface area (Å²) in [5, 5.41) is 8.37. The molecule has 2 aliphatic rings. The first kappa shape index (κ1) is 19.1. The van der Waals surface area contributed by atoms with Crippen LogP contribution in [0.5, 0.6) is 0 Å². The Labute approximate surface area is 166 Å². The molecule has 0 aliphatic carbocycles. The normalized spacial score (nSPS) is 23.7. The van der Waals surface area contributed by atoms with Gasteiger partial charge in [-0.05, 0) is 37.9 Å². The molecule has 0 radical (unpaired) electrons. The smallest absolute Gasteiger partial charge is 0.230 e. The van der Waals surface area contributed by atoms with Gasteiger partial charge in [0, 0.05) is 37.0 Å². The van der Waals surface area contributed by atoms with E-state index in [9.17, 15) is 4.79 Å².